The Morgan fingerprint density at radius 1 is 1.24 bits per heavy atom. The summed E-state index contributed by atoms with van der Waals surface area (Å²) in [6.45, 7) is 0.139. The van der Waals surface area contributed by atoms with Crippen molar-refractivity contribution < 1.29 is 19.1 Å². The fourth-order valence-corrected chi connectivity index (χ4v) is 2.90. The van der Waals surface area contributed by atoms with Crippen LogP contribution in [0.25, 0.3) is 22.5 Å². The van der Waals surface area contributed by atoms with Crippen LogP contribution in [0.1, 0.15) is 21.5 Å². The monoisotopic (exact) mass is 385 g/mol. The second-order valence-electron chi connectivity index (χ2n) is 6.23. The molecule has 0 bridgehead atoms. The summed E-state index contributed by atoms with van der Waals surface area (Å²) in [5.74, 6) is -0.799. The fraction of sp³-hybridized carbons (Fsp3) is 0.0455. The van der Waals surface area contributed by atoms with E-state index in [9.17, 15) is 10.1 Å². The Labute approximate surface area is 165 Å². The number of rotatable bonds is 6. The zero-order valence-corrected chi connectivity index (χ0v) is 15.1. The predicted octanol–water partition coefficient (Wildman–Crippen LogP) is 4.49. The Morgan fingerprint density at radius 3 is 2.69 bits per heavy atom. The molecule has 3 heterocycles. The normalized spacial score (nSPS) is 10.4. The summed E-state index contributed by atoms with van der Waals surface area (Å²) in [5.41, 5.74) is 4.06. The lowest BCUT2D eigenvalue weighted by Crippen LogP contribution is -2.03. The van der Waals surface area contributed by atoms with E-state index in [-0.39, 0.29) is 18.1 Å². The summed E-state index contributed by atoms with van der Waals surface area (Å²) in [7, 11) is 0. The molecule has 0 amide bonds. The number of pyridine rings is 1. The molecule has 0 unspecified atom stereocenters. The third-order valence-corrected chi connectivity index (χ3v) is 4.38. The van der Waals surface area contributed by atoms with Crippen molar-refractivity contribution in [1.29, 1.82) is 5.26 Å². The summed E-state index contributed by atoms with van der Waals surface area (Å²) in [6, 6.07) is 15.8. The molecular weight excluding hydrogens is 370 g/mol. The smallest absolute Gasteiger partial charge is 0.335 e. The molecule has 0 spiro atoms. The predicted molar refractivity (Wildman–Crippen MR) is 104 cm³/mol. The van der Waals surface area contributed by atoms with Crippen molar-refractivity contribution in [3.8, 4) is 34.5 Å². The third kappa shape index (κ3) is 3.73. The van der Waals surface area contributed by atoms with E-state index in [1.165, 1.54) is 18.4 Å². The van der Waals surface area contributed by atoms with Gasteiger partial charge in [0, 0.05) is 17.3 Å². The Bertz CT molecular complexity index is 1170. The van der Waals surface area contributed by atoms with Crippen molar-refractivity contribution in [2.45, 2.75) is 6.61 Å². The lowest BCUT2D eigenvalue weighted by molar-refractivity contribution is 0.0697. The van der Waals surface area contributed by atoms with Gasteiger partial charge in [-0.3, -0.25) is 0 Å². The van der Waals surface area contributed by atoms with Gasteiger partial charge in [0.05, 0.1) is 29.5 Å². The number of H-pyrrole nitrogens is 1. The molecule has 0 aliphatic rings. The molecule has 0 saturated heterocycles. The van der Waals surface area contributed by atoms with Gasteiger partial charge < -0.3 is 19.2 Å². The van der Waals surface area contributed by atoms with Crippen LogP contribution in [0.3, 0.4) is 0 Å². The number of ether oxygens (including phenoxy) is 1. The van der Waals surface area contributed by atoms with Crippen molar-refractivity contribution in [2.75, 3.05) is 0 Å². The van der Waals surface area contributed by atoms with Crippen LogP contribution < -0.4 is 4.74 Å². The number of nitrogens with one attached hydrogen (secondary N) is 1. The third-order valence-electron chi connectivity index (χ3n) is 4.38. The van der Waals surface area contributed by atoms with E-state index < -0.39 is 5.97 Å². The van der Waals surface area contributed by atoms with Crippen LogP contribution in [0.2, 0.25) is 0 Å². The molecule has 142 valence electrons. The summed E-state index contributed by atoms with van der Waals surface area (Å²) < 4.78 is 11.0. The Balaban J connectivity index is 1.71. The fourth-order valence-electron chi connectivity index (χ4n) is 2.90. The molecule has 4 aromatic rings. The van der Waals surface area contributed by atoms with Crippen LogP contribution >= 0.6 is 0 Å². The van der Waals surface area contributed by atoms with Crippen molar-refractivity contribution in [2.24, 2.45) is 0 Å². The van der Waals surface area contributed by atoms with Crippen molar-refractivity contribution in [3.63, 3.8) is 0 Å². The number of hydrogen-bond acceptors (Lipinski definition) is 5. The number of aromatic amines is 1. The minimum Gasteiger partial charge on any atom is -0.478 e. The van der Waals surface area contributed by atoms with Gasteiger partial charge in [-0.05, 0) is 42.0 Å². The van der Waals surface area contributed by atoms with Crippen molar-refractivity contribution >= 4 is 5.97 Å². The summed E-state index contributed by atoms with van der Waals surface area (Å²) in [6.07, 6.45) is 4.89. The molecule has 4 rings (SSSR count). The first-order valence-corrected chi connectivity index (χ1v) is 8.72. The average molecular weight is 385 g/mol. The van der Waals surface area contributed by atoms with Crippen LogP contribution in [0.5, 0.6) is 5.88 Å². The minimum atomic E-state index is -0.991. The number of nitrogens with zero attached hydrogens (tertiary/aromatic N) is 2. The standard InChI is InChI=1S/C22H15N3O4/c23-11-18-17(16-7-9-28-13-16)10-20(19-2-1-8-24-19)25-21(18)29-12-14-3-5-15(6-4-14)22(26)27/h1-10,13,24H,12H2,(H,26,27). The molecule has 0 aliphatic carbocycles. The summed E-state index contributed by atoms with van der Waals surface area (Å²) in [5, 5.41) is 18.7. The number of aromatic nitrogens is 2. The summed E-state index contributed by atoms with van der Waals surface area (Å²) >= 11 is 0. The molecule has 29 heavy (non-hydrogen) atoms. The molecule has 0 saturated carbocycles. The SMILES string of the molecule is N#Cc1c(-c2ccoc2)cc(-c2ccc[nH]2)nc1OCc1ccc(C(=O)O)cc1. The molecular formula is C22H15N3O4. The largest absolute Gasteiger partial charge is 0.478 e. The van der Waals surface area contributed by atoms with Gasteiger partial charge in [0.15, 0.2) is 0 Å². The minimum absolute atomic E-state index is 0.139. The van der Waals surface area contributed by atoms with Crippen LogP contribution in [-0.4, -0.2) is 21.0 Å². The van der Waals surface area contributed by atoms with Gasteiger partial charge in [-0.2, -0.15) is 5.26 Å². The number of furan rings is 1. The van der Waals surface area contributed by atoms with Gasteiger partial charge in [0.1, 0.15) is 18.2 Å². The number of hydrogen-bond donors (Lipinski definition) is 2. The molecule has 3 aromatic heterocycles. The first kappa shape index (κ1) is 18.1. The van der Waals surface area contributed by atoms with E-state index >= 15 is 0 Å². The molecule has 0 radical (unpaired) electrons. The van der Waals surface area contributed by atoms with E-state index in [1.807, 2.05) is 18.2 Å². The Hall–Kier alpha value is -4.31. The maximum atomic E-state index is 11.0. The molecule has 0 atom stereocenters. The number of benzene rings is 1. The van der Waals surface area contributed by atoms with Gasteiger partial charge in [0.2, 0.25) is 5.88 Å². The van der Waals surface area contributed by atoms with Crippen LogP contribution in [0, 0.1) is 11.3 Å². The maximum absolute atomic E-state index is 11.0. The highest BCUT2D eigenvalue weighted by Gasteiger charge is 2.18. The van der Waals surface area contributed by atoms with E-state index in [4.69, 9.17) is 14.3 Å². The van der Waals surface area contributed by atoms with Gasteiger partial charge in [-0.1, -0.05) is 12.1 Å². The second kappa shape index (κ2) is 7.74. The van der Waals surface area contributed by atoms with Crippen molar-refractivity contribution in [3.05, 3.63) is 83.9 Å². The lowest BCUT2D eigenvalue weighted by atomic mass is 10.0. The van der Waals surface area contributed by atoms with E-state index in [0.29, 0.717) is 16.8 Å². The van der Waals surface area contributed by atoms with Gasteiger partial charge in [0.25, 0.3) is 0 Å². The first-order chi connectivity index (χ1) is 14.2. The van der Waals surface area contributed by atoms with Crippen LogP contribution in [0.4, 0.5) is 0 Å². The number of carboxylic acids is 1. The number of carbonyl (C=O) groups is 1. The topological polar surface area (TPSA) is 112 Å². The first-order valence-electron chi connectivity index (χ1n) is 8.72. The molecule has 0 fully saturated rings. The van der Waals surface area contributed by atoms with Crippen LogP contribution in [0.15, 0.2) is 71.7 Å². The summed E-state index contributed by atoms with van der Waals surface area (Å²) in [4.78, 5) is 18.6. The second-order valence-corrected chi connectivity index (χ2v) is 6.23. The maximum Gasteiger partial charge on any atom is 0.335 e. The lowest BCUT2D eigenvalue weighted by Gasteiger charge is -2.12. The van der Waals surface area contributed by atoms with Crippen LogP contribution in [-0.2, 0) is 6.61 Å². The highest BCUT2D eigenvalue weighted by atomic mass is 16.5. The van der Waals surface area contributed by atoms with Gasteiger partial charge in [-0.25, -0.2) is 9.78 Å². The molecule has 7 heteroatoms. The number of carboxylic acid groups (broad SMARTS) is 1. The Morgan fingerprint density at radius 2 is 2.07 bits per heavy atom. The van der Waals surface area contributed by atoms with E-state index in [1.54, 1.807) is 30.7 Å². The highest BCUT2D eigenvalue weighted by molar-refractivity contribution is 5.87. The molecule has 1 aromatic carbocycles. The molecule has 7 nitrogen and oxygen atoms in total. The van der Waals surface area contributed by atoms with Gasteiger partial charge >= 0.3 is 5.97 Å². The quantitative estimate of drug-likeness (QED) is 0.506. The zero-order chi connectivity index (χ0) is 20.2. The average Bonchev–Trinajstić information content (AvgIpc) is 3.46. The molecule has 2 N–H and O–H groups in total. The number of nitriles is 1. The zero-order valence-electron chi connectivity index (χ0n) is 15.1. The van der Waals surface area contributed by atoms with Gasteiger partial charge in [-0.15, -0.1) is 0 Å². The number of aromatic carboxylic acids is 1. The molecule has 0 aliphatic heterocycles. The Kier molecular flexibility index (Phi) is 4.82. The van der Waals surface area contributed by atoms with E-state index in [0.717, 1.165) is 16.8 Å². The van der Waals surface area contributed by atoms with Crippen molar-refractivity contribution in [1.82, 2.24) is 9.97 Å². The highest BCUT2D eigenvalue weighted by Crippen LogP contribution is 2.33. The van der Waals surface area contributed by atoms with E-state index in [2.05, 4.69) is 16.0 Å².